The number of nitrogens with zero attached hydrogens (tertiary/aromatic N) is 1. The molecule has 0 amide bonds. The molecule has 5 heteroatoms. The van der Waals surface area contributed by atoms with Crippen molar-refractivity contribution >= 4 is 10.0 Å². The molecule has 0 bridgehead atoms. The molecule has 2 rings (SSSR count). The fourth-order valence-electron chi connectivity index (χ4n) is 1.90. The Balaban J connectivity index is 2.41. The van der Waals surface area contributed by atoms with E-state index in [1.54, 1.807) is 24.3 Å². The highest BCUT2D eigenvalue weighted by atomic mass is 32.2. The zero-order valence-electron chi connectivity index (χ0n) is 9.13. The number of unbranched alkanes of at least 4 members (excludes halogenated alkanes) is 1. The van der Waals surface area contributed by atoms with Crippen LogP contribution in [0.25, 0.3) is 0 Å². The Labute approximate surface area is 95.6 Å². The van der Waals surface area contributed by atoms with Crippen LogP contribution in [0.3, 0.4) is 0 Å². The maximum absolute atomic E-state index is 12.1. The van der Waals surface area contributed by atoms with Gasteiger partial charge in [0.25, 0.3) is 0 Å². The first-order valence-electron chi connectivity index (χ1n) is 5.38. The summed E-state index contributed by atoms with van der Waals surface area (Å²) in [5.74, 6) is 0. The predicted octanol–water partition coefficient (Wildman–Crippen LogP) is 1.48. The van der Waals surface area contributed by atoms with E-state index in [1.165, 1.54) is 4.31 Å². The topological polar surface area (TPSA) is 57.6 Å². The van der Waals surface area contributed by atoms with Crippen molar-refractivity contribution in [1.82, 2.24) is 4.31 Å². The van der Waals surface area contributed by atoms with Crippen molar-refractivity contribution in [1.29, 1.82) is 0 Å². The summed E-state index contributed by atoms with van der Waals surface area (Å²) in [6.45, 7) is 2.36. The highest BCUT2D eigenvalue weighted by Gasteiger charge is 2.40. The van der Waals surface area contributed by atoms with Gasteiger partial charge in [0.15, 0.2) is 0 Å². The van der Waals surface area contributed by atoms with E-state index in [9.17, 15) is 13.5 Å². The molecule has 0 spiro atoms. The normalized spacial score (nSPS) is 23.2. The van der Waals surface area contributed by atoms with Crippen LogP contribution in [0.1, 0.15) is 31.6 Å². The van der Waals surface area contributed by atoms with Crippen LogP contribution in [0.5, 0.6) is 0 Å². The Hall–Kier alpha value is -0.910. The third-order valence-electron chi connectivity index (χ3n) is 2.79. The molecule has 0 saturated carbocycles. The van der Waals surface area contributed by atoms with Gasteiger partial charge in [0.1, 0.15) is 6.23 Å². The van der Waals surface area contributed by atoms with Crippen molar-refractivity contribution in [2.75, 3.05) is 6.54 Å². The van der Waals surface area contributed by atoms with E-state index in [-0.39, 0.29) is 4.90 Å². The van der Waals surface area contributed by atoms with Crippen LogP contribution in [-0.2, 0) is 10.0 Å². The lowest BCUT2D eigenvalue weighted by Gasteiger charge is -2.18. The largest absolute Gasteiger partial charge is 0.373 e. The molecule has 4 nitrogen and oxygen atoms in total. The van der Waals surface area contributed by atoms with E-state index >= 15 is 0 Å². The summed E-state index contributed by atoms with van der Waals surface area (Å²) in [6.07, 6.45) is 0.632. The molecular weight excluding hydrogens is 226 g/mol. The van der Waals surface area contributed by atoms with Gasteiger partial charge in [-0.2, -0.15) is 4.31 Å². The van der Waals surface area contributed by atoms with E-state index in [1.807, 2.05) is 6.92 Å². The smallest absolute Gasteiger partial charge is 0.245 e. The number of aliphatic hydroxyl groups excluding tert-OH is 1. The highest BCUT2D eigenvalue weighted by Crippen LogP contribution is 2.37. The lowest BCUT2D eigenvalue weighted by Crippen LogP contribution is -2.29. The molecule has 1 heterocycles. The third kappa shape index (κ3) is 1.65. The van der Waals surface area contributed by atoms with Crippen molar-refractivity contribution in [3.8, 4) is 0 Å². The molecule has 1 aliphatic heterocycles. The fourth-order valence-corrected chi connectivity index (χ4v) is 3.62. The molecule has 0 aliphatic carbocycles. The SMILES string of the molecule is CCCCN1[C@@H](O)c2ccccc2S1(=O)=O. The maximum Gasteiger partial charge on any atom is 0.245 e. The summed E-state index contributed by atoms with van der Waals surface area (Å²) >= 11 is 0. The van der Waals surface area contributed by atoms with E-state index in [0.29, 0.717) is 12.1 Å². The van der Waals surface area contributed by atoms with Crippen molar-refractivity contribution in [3.05, 3.63) is 29.8 Å². The van der Waals surface area contributed by atoms with Gasteiger partial charge >= 0.3 is 0 Å². The minimum Gasteiger partial charge on any atom is -0.373 e. The molecule has 1 N–H and O–H groups in total. The van der Waals surface area contributed by atoms with Crippen molar-refractivity contribution in [2.24, 2.45) is 0 Å². The van der Waals surface area contributed by atoms with Gasteiger partial charge in [-0.1, -0.05) is 31.5 Å². The van der Waals surface area contributed by atoms with Gasteiger partial charge < -0.3 is 5.11 Å². The summed E-state index contributed by atoms with van der Waals surface area (Å²) in [5, 5.41) is 9.95. The van der Waals surface area contributed by atoms with Crippen LogP contribution in [0.4, 0.5) is 0 Å². The van der Waals surface area contributed by atoms with Gasteiger partial charge in [0, 0.05) is 12.1 Å². The van der Waals surface area contributed by atoms with E-state index in [2.05, 4.69) is 0 Å². The zero-order chi connectivity index (χ0) is 11.8. The van der Waals surface area contributed by atoms with Gasteiger partial charge in [-0.05, 0) is 12.5 Å². The molecule has 16 heavy (non-hydrogen) atoms. The lowest BCUT2D eigenvalue weighted by atomic mass is 10.2. The summed E-state index contributed by atoms with van der Waals surface area (Å²) in [4.78, 5) is 0.235. The monoisotopic (exact) mass is 241 g/mol. The van der Waals surface area contributed by atoms with Crippen LogP contribution in [0.15, 0.2) is 29.2 Å². The van der Waals surface area contributed by atoms with Crippen LogP contribution >= 0.6 is 0 Å². The molecule has 1 aliphatic rings. The Morgan fingerprint density at radius 3 is 2.69 bits per heavy atom. The number of sulfonamides is 1. The molecule has 1 aromatic rings. The summed E-state index contributed by atoms with van der Waals surface area (Å²) in [5.41, 5.74) is 0.485. The first-order valence-corrected chi connectivity index (χ1v) is 6.82. The Kier molecular flexibility index (Phi) is 3.01. The third-order valence-corrected chi connectivity index (χ3v) is 4.72. The first-order chi connectivity index (χ1) is 7.59. The molecule has 88 valence electrons. The highest BCUT2D eigenvalue weighted by molar-refractivity contribution is 7.89. The molecule has 0 radical (unpaired) electrons. The molecular formula is C11H15NO3S. The van der Waals surface area contributed by atoms with Crippen molar-refractivity contribution in [3.63, 3.8) is 0 Å². The summed E-state index contributed by atoms with van der Waals surface area (Å²) in [7, 11) is -3.48. The van der Waals surface area contributed by atoms with Crippen molar-refractivity contribution in [2.45, 2.75) is 30.9 Å². The molecule has 0 aromatic heterocycles. The molecule has 0 unspecified atom stereocenters. The van der Waals surface area contributed by atoms with Gasteiger partial charge in [-0.3, -0.25) is 0 Å². The lowest BCUT2D eigenvalue weighted by molar-refractivity contribution is 0.0686. The minimum atomic E-state index is -3.48. The second-order valence-electron chi connectivity index (χ2n) is 3.88. The Bertz CT molecular complexity index is 484. The molecule has 1 atom stereocenters. The van der Waals surface area contributed by atoms with Gasteiger partial charge in [0.2, 0.25) is 10.0 Å². The van der Waals surface area contributed by atoms with Gasteiger partial charge in [-0.15, -0.1) is 0 Å². The standard InChI is InChI=1S/C11H15NO3S/c1-2-3-8-12-11(13)9-6-4-5-7-10(9)16(12,14)15/h4-7,11,13H,2-3,8H2,1H3/t11-/m0/s1. The number of rotatable bonds is 3. The predicted molar refractivity (Wildman–Crippen MR) is 60.2 cm³/mol. The molecule has 1 aromatic carbocycles. The number of aliphatic hydroxyl groups is 1. The Morgan fingerprint density at radius 2 is 2.06 bits per heavy atom. The van der Waals surface area contributed by atoms with Crippen LogP contribution in [0, 0.1) is 0 Å². The summed E-state index contributed by atoms with van der Waals surface area (Å²) < 4.78 is 25.3. The minimum absolute atomic E-state index is 0.235. The average Bonchev–Trinajstić information content (AvgIpc) is 2.46. The van der Waals surface area contributed by atoms with Gasteiger partial charge in [0.05, 0.1) is 4.90 Å². The molecule has 0 saturated heterocycles. The first kappa shape index (κ1) is 11.6. The van der Waals surface area contributed by atoms with E-state index in [4.69, 9.17) is 0 Å². The zero-order valence-corrected chi connectivity index (χ0v) is 9.94. The van der Waals surface area contributed by atoms with Crippen molar-refractivity contribution < 1.29 is 13.5 Å². The average molecular weight is 241 g/mol. The van der Waals surface area contributed by atoms with Gasteiger partial charge in [-0.25, -0.2) is 8.42 Å². The Morgan fingerprint density at radius 1 is 1.38 bits per heavy atom. The second-order valence-corrected chi connectivity index (χ2v) is 5.74. The summed E-state index contributed by atoms with van der Waals surface area (Å²) in [6, 6.07) is 6.61. The molecule has 0 fully saturated rings. The fraction of sp³-hybridized carbons (Fsp3) is 0.455. The van der Waals surface area contributed by atoms with Crippen LogP contribution in [-0.4, -0.2) is 24.4 Å². The quantitative estimate of drug-likeness (QED) is 0.872. The number of hydrogen-bond donors (Lipinski definition) is 1. The number of fused-ring (bicyclic) bond motifs is 1. The number of benzene rings is 1. The number of hydrogen-bond acceptors (Lipinski definition) is 3. The maximum atomic E-state index is 12.1. The second kappa shape index (κ2) is 4.16. The van der Waals surface area contributed by atoms with Crippen LogP contribution < -0.4 is 0 Å². The van der Waals surface area contributed by atoms with E-state index in [0.717, 1.165) is 12.8 Å². The van der Waals surface area contributed by atoms with E-state index < -0.39 is 16.3 Å². The van der Waals surface area contributed by atoms with Crippen LogP contribution in [0.2, 0.25) is 0 Å².